The fourth-order valence-corrected chi connectivity index (χ4v) is 2.54. The topological polar surface area (TPSA) is 42.2 Å². The van der Waals surface area contributed by atoms with Gasteiger partial charge >= 0.3 is 0 Å². The summed E-state index contributed by atoms with van der Waals surface area (Å²) in [4.78, 5) is 7.99. The molecule has 1 aromatic rings. The highest BCUT2D eigenvalue weighted by atomic mass is 35.5. The Kier molecular flexibility index (Phi) is 6.71. The average Bonchev–Trinajstić information content (AvgIpc) is 2.62. The Morgan fingerprint density at radius 1 is 1.60 bits per heavy atom. The Hall–Kier alpha value is 0.130. The molecule has 0 aliphatic carbocycles. The number of hydrogen-bond donors (Lipinski definition) is 1. The summed E-state index contributed by atoms with van der Waals surface area (Å²) in [5.41, 5.74) is 5.83. The molecule has 0 aromatic carbocycles. The minimum absolute atomic E-state index is 0. The highest BCUT2D eigenvalue weighted by Crippen LogP contribution is 2.17. The molecule has 0 bridgehead atoms. The van der Waals surface area contributed by atoms with Crippen molar-refractivity contribution in [1.29, 1.82) is 0 Å². The molecule has 88 valence electrons. The van der Waals surface area contributed by atoms with Crippen molar-refractivity contribution in [3.63, 3.8) is 0 Å². The molecule has 1 atom stereocenters. The third-order valence-electron chi connectivity index (χ3n) is 2.36. The van der Waals surface area contributed by atoms with Crippen molar-refractivity contribution in [2.75, 3.05) is 13.1 Å². The second-order valence-corrected chi connectivity index (χ2v) is 4.95. The lowest BCUT2D eigenvalue weighted by Gasteiger charge is -2.12. The molecule has 1 aliphatic rings. The van der Waals surface area contributed by atoms with E-state index in [0.29, 0.717) is 6.04 Å². The lowest BCUT2D eigenvalue weighted by Crippen LogP contribution is -2.25. The molecule has 0 amide bonds. The van der Waals surface area contributed by atoms with Gasteiger partial charge in [0.1, 0.15) is 0 Å². The van der Waals surface area contributed by atoms with Gasteiger partial charge in [0.25, 0.3) is 0 Å². The number of nitrogens with zero attached hydrogens (tertiary/aromatic N) is 2. The fourth-order valence-electron chi connectivity index (χ4n) is 1.71. The smallest absolute Gasteiger partial charge is 0.0897 e. The summed E-state index contributed by atoms with van der Waals surface area (Å²) >= 11 is 1.78. The summed E-state index contributed by atoms with van der Waals surface area (Å²) in [5, 5.41) is 1.15. The molecule has 15 heavy (non-hydrogen) atoms. The van der Waals surface area contributed by atoms with Crippen LogP contribution in [-0.4, -0.2) is 29.0 Å². The quantitative estimate of drug-likeness (QED) is 0.891. The van der Waals surface area contributed by atoms with E-state index in [-0.39, 0.29) is 24.8 Å². The van der Waals surface area contributed by atoms with Crippen LogP contribution in [0.4, 0.5) is 0 Å². The largest absolute Gasteiger partial charge is 0.326 e. The zero-order valence-electron chi connectivity index (χ0n) is 8.68. The highest BCUT2D eigenvalue weighted by molar-refractivity contribution is 7.11. The Labute approximate surface area is 107 Å². The van der Waals surface area contributed by atoms with Crippen molar-refractivity contribution in [1.82, 2.24) is 9.88 Å². The van der Waals surface area contributed by atoms with Crippen molar-refractivity contribution in [3.8, 4) is 0 Å². The van der Waals surface area contributed by atoms with Gasteiger partial charge in [0.2, 0.25) is 0 Å². The minimum Gasteiger partial charge on any atom is -0.326 e. The van der Waals surface area contributed by atoms with Crippen LogP contribution in [0, 0.1) is 6.92 Å². The van der Waals surface area contributed by atoms with Crippen LogP contribution in [-0.2, 0) is 6.54 Å². The molecule has 2 N–H and O–H groups in total. The fraction of sp³-hybridized carbons (Fsp3) is 0.667. The van der Waals surface area contributed by atoms with E-state index in [1.807, 2.05) is 13.1 Å². The van der Waals surface area contributed by atoms with Crippen LogP contribution in [0.2, 0.25) is 0 Å². The van der Waals surface area contributed by atoms with Gasteiger partial charge in [-0.25, -0.2) is 4.98 Å². The van der Waals surface area contributed by atoms with Crippen molar-refractivity contribution in [2.24, 2.45) is 5.73 Å². The van der Waals surface area contributed by atoms with Gasteiger partial charge in [-0.05, 0) is 13.3 Å². The van der Waals surface area contributed by atoms with Gasteiger partial charge in [-0.2, -0.15) is 0 Å². The average molecular weight is 270 g/mol. The predicted molar refractivity (Wildman–Crippen MR) is 69.2 cm³/mol. The summed E-state index contributed by atoms with van der Waals surface area (Å²) in [5.74, 6) is 0. The van der Waals surface area contributed by atoms with E-state index < -0.39 is 0 Å². The molecule has 1 fully saturated rings. The van der Waals surface area contributed by atoms with Gasteiger partial charge in [-0.3, -0.25) is 4.90 Å². The third-order valence-corrected chi connectivity index (χ3v) is 3.25. The van der Waals surface area contributed by atoms with Gasteiger partial charge < -0.3 is 5.73 Å². The van der Waals surface area contributed by atoms with Crippen LogP contribution in [0.5, 0.6) is 0 Å². The zero-order chi connectivity index (χ0) is 9.26. The molecular weight excluding hydrogens is 253 g/mol. The van der Waals surface area contributed by atoms with Gasteiger partial charge in [0, 0.05) is 36.8 Å². The Morgan fingerprint density at radius 2 is 2.33 bits per heavy atom. The molecule has 0 saturated carbocycles. The molecule has 2 heterocycles. The first-order valence-corrected chi connectivity index (χ1v) is 5.45. The Bertz CT molecular complexity index is 293. The minimum atomic E-state index is 0. The Balaban J connectivity index is 0.000000980. The molecule has 1 unspecified atom stereocenters. The van der Waals surface area contributed by atoms with Crippen molar-refractivity contribution in [3.05, 3.63) is 16.1 Å². The number of rotatable bonds is 2. The van der Waals surface area contributed by atoms with Crippen LogP contribution in [0.25, 0.3) is 0 Å². The first-order chi connectivity index (χ1) is 6.24. The maximum absolute atomic E-state index is 5.83. The maximum Gasteiger partial charge on any atom is 0.0897 e. The molecule has 1 aromatic heterocycles. The summed E-state index contributed by atoms with van der Waals surface area (Å²) < 4.78 is 0. The number of likely N-dealkylation sites (tertiary alicyclic amines) is 1. The predicted octanol–water partition coefficient (Wildman–Crippen LogP) is 1.83. The highest BCUT2D eigenvalue weighted by Gasteiger charge is 2.19. The lowest BCUT2D eigenvalue weighted by atomic mass is 10.3. The van der Waals surface area contributed by atoms with Crippen LogP contribution < -0.4 is 5.73 Å². The van der Waals surface area contributed by atoms with Crippen LogP contribution >= 0.6 is 36.2 Å². The summed E-state index contributed by atoms with van der Waals surface area (Å²) in [7, 11) is 0. The molecular formula is C9H17Cl2N3S. The number of aryl methyl sites for hydroxylation is 1. The zero-order valence-corrected chi connectivity index (χ0v) is 11.1. The Morgan fingerprint density at radius 3 is 2.80 bits per heavy atom. The van der Waals surface area contributed by atoms with Crippen LogP contribution in [0.1, 0.15) is 16.3 Å². The summed E-state index contributed by atoms with van der Waals surface area (Å²) in [6.45, 7) is 5.25. The van der Waals surface area contributed by atoms with Crippen molar-refractivity contribution >= 4 is 36.2 Å². The monoisotopic (exact) mass is 269 g/mol. The number of hydrogen-bond acceptors (Lipinski definition) is 4. The third kappa shape index (κ3) is 4.25. The second kappa shape index (κ2) is 6.66. The first-order valence-electron chi connectivity index (χ1n) is 4.63. The van der Waals surface area contributed by atoms with Gasteiger partial charge in [0.15, 0.2) is 0 Å². The standard InChI is InChI=1S/C9H15N3S.2ClH/c1-7-11-4-9(13-7)6-12-3-2-8(10)5-12;;/h4,8H,2-3,5-6,10H2,1H3;2*1H. The second-order valence-electron chi connectivity index (χ2n) is 3.63. The molecule has 6 heteroatoms. The van der Waals surface area contributed by atoms with Gasteiger partial charge in [-0.1, -0.05) is 0 Å². The molecule has 3 nitrogen and oxygen atoms in total. The number of nitrogens with two attached hydrogens (primary N) is 1. The van der Waals surface area contributed by atoms with Crippen molar-refractivity contribution < 1.29 is 0 Å². The molecule has 1 aliphatic heterocycles. The number of halogens is 2. The summed E-state index contributed by atoms with van der Waals surface area (Å²) in [6, 6.07) is 0.383. The van der Waals surface area contributed by atoms with E-state index in [1.54, 1.807) is 11.3 Å². The van der Waals surface area contributed by atoms with E-state index >= 15 is 0 Å². The maximum atomic E-state index is 5.83. The van der Waals surface area contributed by atoms with E-state index in [4.69, 9.17) is 5.73 Å². The molecule has 0 radical (unpaired) electrons. The normalized spacial score (nSPS) is 20.8. The van der Waals surface area contributed by atoms with Crippen molar-refractivity contribution in [2.45, 2.75) is 25.9 Å². The first kappa shape index (κ1) is 15.1. The van der Waals surface area contributed by atoms with Gasteiger partial charge in [-0.15, -0.1) is 36.2 Å². The van der Waals surface area contributed by atoms with Crippen LogP contribution in [0.3, 0.4) is 0 Å². The summed E-state index contributed by atoms with van der Waals surface area (Å²) in [6.07, 6.45) is 3.11. The van der Waals surface area contributed by atoms with Crippen LogP contribution in [0.15, 0.2) is 6.20 Å². The van der Waals surface area contributed by atoms with E-state index in [2.05, 4.69) is 9.88 Å². The molecule has 0 spiro atoms. The number of aromatic nitrogens is 1. The van der Waals surface area contributed by atoms with Gasteiger partial charge in [0.05, 0.1) is 5.01 Å². The SMILES string of the molecule is Cc1ncc(CN2CCC(N)C2)s1.Cl.Cl. The molecule has 1 saturated heterocycles. The molecule has 2 rings (SSSR count). The van der Waals surface area contributed by atoms with E-state index in [9.17, 15) is 0 Å². The number of thiazole rings is 1. The lowest BCUT2D eigenvalue weighted by molar-refractivity contribution is 0.329. The van der Waals surface area contributed by atoms with E-state index in [0.717, 1.165) is 31.1 Å². The van der Waals surface area contributed by atoms with E-state index in [1.165, 1.54) is 4.88 Å².